The van der Waals surface area contributed by atoms with E-state index in [9.17, 15) is 29.9 Å². The molecule has 3 N–H and O–H groups in total. The second-order valence-electron chi connectivity index (χ2n) is 15.8. The van der Waals surface area contributed by atoms with Crippen LogP contribution in [0.1, 0.15) is 69.8 Å². The number of aliphatic hydroxyl groups excluding tert-OH is 2. The van der Waals surface area contributed by atoms with Gasteiger partial charge in [0.2, 0.25) is 5.79 Å². The number of amides is 2. The standard InChI is InChI=1S/C47H58N4O13/c1-6-22-50(46(55)63-32-16-14-31(15-17-32)51(56)57)42-29-39(49-60-5)36-26-30(12-8-10-23-52)35(13-9-11-24-53)43-37-27-34(19-21-40(37)64-47(42,44(36)43)61-25-7-2)62-45(54)48-38-20-18-33(58-3)28-41(38)59-4/h7,14-21,26-28,30,35,42-44,52-53H,2,6,8-13,22-25,29H2,1,3-5H3,(H,48,54)/t30-,35+,42-,43+,44+,47+/m0/s1. The number of benzene rings is 3. The van der Waals surface area contributed by atoms with E-state index < -0.39 is 40.8 Å². The van der Waals surface area contributed by atoms with E-state index in [0.29, 0.717) is 60.8 Å². The number of nitrogens with one attached hydrogen (secondary N) is 1. The summed E-state index contributed by atoms with van der Waals surface area (Å²) in [6.45, 7) is 6.21. The van der Waals surface area contributed by atoms with Crippen molar-refractivity contribution in [1.29, 1.82) is 0 Å². The second kappa shape index (κ2) is 22.0. The molecule has 0 spiro atoms. The number of non-ortho nitro benzene ring substituents is 1. The van der Waals surface area contributed by atoms with Crippen molar-refractivity contribution >= 4 is 29.3 Å². The van der Waals surface area contributed by atoms with Crippen LogP contribution < -0.4 is 29.0 Å². The number of fused-ring (bicyclic) bond motifs is 2. The fourth-order valence-corrected chi connectivity index (χ4v) is 9.38. The molecular weight excluding hydrogens is 829 g/mol. The minimum Gasteiger partial charge on any atom is -0.497 e. The summed E-state index contributed by atoms with van der Waals surface area (Å²) >= 11 is 0. The number of nitro benzene ring substituents is 1. The molecule has 1 aliphatic heterocycles. The summed E-state index contributed by atoms with van der Waals surface area (Å²) in [6, 6.07) is 14.6. The molecule has 0 bridgehead atoms. The van der Waals surface area contributed by atoms with Gasteiger partial charge >= 0.3 is 12.2 Å². The van der Waals surface area contributed by atoms with Crippen LogP contribution >= 0.6 is 0 Å². The Hall–Kier alpha value is -6.17. The summed E-state index contributed by atoms with van der Waals surface area (Å²) in [5.74, 6) is -0.969. The van der Waals surface area contributed by atoms with E-state index in [1.165, 1.54) is 45.6 Å². The minimum absolute atomic E-state index is 0.0187. The molecule has 3 aromatic carbocycles. The number of nitro groups is 1. The molecule has 17 nitrogen and oxygen atoms in total. The van der Waals surface area contributed by atoms with E-state index in [1.807, 2.05) is 6.92 Å². The van der Waals surface area contributed by atoms with Crippen LogP contribution in [0, 0.1) is 27.9 Å². The largest absolute Gasteiger partial charge is 0.497 e. The number of anilines is 1. The van der Waals surface area contributed by atoms with Gasteiger partial charge in [-0.25, -0.2) is 9.59 Å². The average molecular weight is 887 g/mol. The number of hydrogen-bond donors (Lipinski definition) is 3. The van der Waals surface area contributed by atoms with Gasteiger partial charge in [0, 0.05) is 55.9 Å². The lowest BCUT2D eigenvalue weighted by Crippen LogP contribution is -2.70. The Morgan fingerprint density at radius 1 is 0.969 bits per heavy atom. The Morgan fingerprint density at radius 3 is 2.34 bits per heavy atom. The predicted octanol–water partition coefficient (Wildman–Crippen LogP) is 8.40. The summed E-state index contributed by atoms with van der Waals surface area (Å²) in [6.07, 6.45) is 7.08. The summed E-state index contributed by atoms with van der Waals surface area (Å²) in [7, 11) is 4.48. The number of ether oxygens (including phenoxy) is 6. The zero-order valence-corrected chi connectivity index (χ0v) is 36.7. The first-order valence-corrected chi connectivity index (χ1v) is 21.6. The van der Waals surface area contributed by atoms with Gasteiger partial charge in [-0.05, 0) is 92.0 Å². The minimum atomic E-state index is -1.57. The fourth-order valence-electron chi connectivity index (χ4n) is 9.38. The first kappa shape index (κ1) is 47.3. The van der Waals surface area contributed by atoms with Crippen molar-refractivity contribution in [3.8, 4) is 28.7 Å². The molecule has 17 heteroatoms. The van der Waals surface area contributed by atoms with Crippen LogP contribution in [0.3, 0.4) is 0 Å². The lowest BCUT2D eigenvalue weighted by molar-refractivity contribution is -0.384. The molecule has 64 heavy (non-hydrogen) atoms. The summed E-state index contributed by atoms with van der Waals surface area (Å²) in [5.41, 5.74) is 2.37. The average Bonchev–Trinajstić information content (AvgIpc) is 3.29. The third-order valence-electron chi connectivity index (χ3n) is 12.0. The number of carbonyl (C=O) groups excluding carboxylic acids is 2. The molecule has 1 heterocycles. The van der Waals surface area contributed by atoms with Crippen LogP contribution in [0.15, 0.2) is 90.1 Å². The maximum absolute atomic E-state index is 14.5. The molecule has 2 aliphatic carbocycles. The number of nitrogens with zero attached hydrogens (tertiary/aromatic N) is 3. The Morgan fingerprint density at radius 2 is 1.69 bits per heavy atom. The van der Waals surface area contributed by atoms with Crippen molar-refractivity contribution in [3.63, 3.8) is 0 Å². The molecular formula is C47H58N4O13. The van der Waals surface area contributed by atoms with E-state index >= 15 is 0 Å². The van der Waals surface area contributed by atoms with Crippen molar-refractivity contribution in [2.75, 3.05) is 53.0 Å². The lowest BCUT2D eigenvalue weighted by Gasteiger charge is -2.59. The number of carbonyl (C=O) groups is 2. The molecule has 1 saturated carbocycles. The number of rotatable bonds is 21. The Labute approximate surface area is 372 Å². The third kappa shape index (κ3) is 10.3. The van der Waals surface area contributed by atoms with Crippen molar-refractivity contribution in [3.05, 3.63) is 101 Å². The molecule has 0 radical (unpaired) electrons. The quantitative estimate of drug-likeness (QED) is 0.0398. The Bertz CT molecular complexity index is 2180. The van der Waals surface area contributed by atoms with Crippen molar-refractivity contribution in [1.82, 2.24) is 4.90 Å². The highest BCUT2D eigenvalue weighted by atomic mass is 16.7. The van der Waals surface area contributed by atoms with Crippen LogP contribution in [0.4, 0.5) is 21.0 Å². The highest BCUT2D eigenvalue weighted by molar-refractivity contribution is 6.03. The summed E-state index contributed by atoms with van der Waals surface area (Å²) < 4.78 is 36.8. The van der Waals surface area contributed by atoms with E-state index in [2.05, 4.69) is 23.1 Å². The molecule has 6 atom stereocenters. The highest BCUT2D eigenvalue weighted by Gasteiger charge is 2.65. The van der Waals surface area contributed by atoms with E-state index in [0.717, 1.165) is 24.0 Å². The topological polar surface area (TPSA) is 210 Å². The van der Waals surface area contributed by atoms with Crippen molar-refractivity contribution in [2.45, 2.75) is 76.0 Å². The van der Waals surface area contributed by atoms with Crippen LogP contribution in [-0.2, 0) is 9.57 Å². The Balaban J connectivity index is 1.50. The molecule has 1 fully saturated rings. The van der Waals surface area contributed by atoms with Crippen LogP contribution in [0.5, 0.6) is 28.7 Å². The monoisotopic (exact) mass is 886 g/mol. The zero-order valence-electron chi connectivity index (χ0n) is 36.7. The number of oxime groups is 1. The molecule has 3 aromatic rings. The summed E-state index contributed by atoms with van der Waals surface area (Å²) in [4.78, 5) is 45.9. The number of unbranched alkanes of at least 4 members (excludes halogenated alkanes) is 2. The van der Waals surface area contributed by atoms with Gasteiger partial charge in [-0.1, -0.05) is 37.1 Å². The van der Waals surface area contributed by atoms with Crippen LogP contribution in [0.25, 0.3) is 0 Å². The van der Waals surface area contributed by atoms with E-state index in [4.69, 9.17) is 33.3 Å². The van der Waals surface area contributed by atoms with Gasteiger partial charge in [-0.15, -0.1) is 6.58 Å². The SMILES string of the molecule is C=CCO[C@@]12Oc3ccc(OC(=O)Nc4ccc(OC)cc4OC)cc3[C@H]3[C@H](CCCCO)[C@@H](CCCCO)C=C(C(=NOC)C[C@@H]1N(CCC)C(=O)Oc1ccc([N+](=O)[O-])cc1)[C@H]32. The van der Waals surface area contributed by atoms with Gasteiger partial charge in [0.05, 0.1) is 43.1 Å². The molecule has 2 amide bonds. The maximum atomic E-state index is 14.5. The van der Waals surface area contributed by atoms with Gasteiger partial charge < -0.3 is 43.5 Å². The van der Waals surface area contributed by atoms with E-state index in [1.54, 1.807) is 47.4 Å². The molecule has 6 rings (SSSR count). The third-order valence-corrected chi connectivity index (χ3v) is 12.0. The van der Waals surface area contributed by atoms with Gasteiger partial charge in [-0.2, -0.15) is 0 Å². The van der Waals surface area contributed by atoms with Crippen LogP contribution in [-0.4, -0.2) is 97.5 Å². The number of allylic oxidation sites excluding steroid dienone is 1. The van der Waals surface area contributed by atoms with Gasteiger partial charge in [0.15, 0.2) is 0 Å². The first-order valence-electron chi connectivity index (χ1n) is 21.6. The molecule has 0 aromatic heterocycles. The van der Waals surface area contributed by atoms with Crippen molar-refractivity contribution in [2.24, 2.45) is 22.9 Å². The fraction of sp³-hybridized carbons (Fsp3) is 0.468. The lowest BCUT2D eigenvalue weighted by atomic mass is 9.55. The normalized spacial score (nSPS) is 22.4. The van der Waals surface area contributed by atoms with Gasteiger partial charge in [0.25, 0.3) is 5.69 Å². The molecule has 3 aliphatic rings. The molecule has 0 saturated heterocycles. The van der Waals surface area contributed by atoms with Gasteiger partial charge in [0.1, 0.15) is 41.9 Å². The zero-order chi connectivity index (χ0) is 45.8. The number of hydrogen-bond acceptors (Lipinski definition) is 14. The Kier molecular flexibility index (Phi) is 16.2. The van der Waals surface area contributed by atoms with Crippen molar-refractivity contribution < 1.29 is 58.0 Å². The highest BCUT2D eigenvalue weighted by Crippen LogP contribution is 2.62. The first-order chi connectivity index (χ1) is 31.0. The predicted molar refractivity (Wildman–Crippen MR) is 237 cm³/mol. The number of aliphatic hydroxyl groups is 2. The summed E-state index contributed by atoms with van der Waals surface area (Å²) in [5, 5.41) is 38.5. The molecule has 0 unspecified atom stereocenters. The van der Waals surface area contributed by atoms with E-state index in [-0.39, 0.29) is 61.8 Å². The molecule has 344 valence electrons. The second-order valence-corrected chi connectivity index (χ2v) is 15.8. The van der Waals surface area contributed by atoms with Gasteiger partial charge in [-0.3, -0.25) is 20.3 Å². The van der Waals surface area contributed by atoms with Crippen LogP contribution in [0.2, 0.25) is 0 Å². The maximum Gasteiger partial charge on any atom is 0.417 e. The smallest absolute Gasteiger partial charge is 0.417 e. The number of methoxy groups -OCH3 is 2.